The van der Waals surface area contributed by atoms with Crippen LogP contribution in [0.1, 0.15) is 19.0 Å². The summed E-state index contributed by atoms with van der Waals surface area (Å²) in [5, 5.41) is 3.79. The van der Waals surface area contributed by atoms with Gasteiger partial charge in [-0.1, -0.05) is 0 Å². The zero-order valence-corrected chi connectivity index (χ0v) is 13.0. The van der Waals surface area contributed by atoms with Gasteiger partial charge in [0, 0.05) is 42.2 Å². The molecule has 1 aromatic carbocycles. The van der Waals surface area contributed by atoms with Crippen molar-refractivity contribution in [1.82, 2.24) is 4.98 Å². The molecule has 1 aromatic heterocycles. The summed E-state index contributed by atoms with van der Waals surface area (Å²) >= 11 is 0. The van der Waals surface area contributed by atoms with Crippen LogP contribution in [-0.2, 0) is 9.53 Å². The highest BCUT2D eigenvalue weighted by atomic mass is 16.5. The molecular weight excluding hydrogens is 278 g/mol. The SMILES string of the molecule is CCOC1CCN(c2cc(C)nc3cc(NC=O)ccc23)C1. The fourth-order valence-corrected chi connectivity index (χ4v) is 3.08. The molecule has 5 heteroatoms. The fourth-order valence-electron chi connectivity index (χ4n) is 3.08. The van der Waals surface area contributed by atoms with Crippen LogP contribution in [0.15, 0.2) is 24.3 Å². The highest BCUT2D eigenvalue weighted by Gasteiger charge is 2.24. The van der Waals surface area contributed by atoms with Gasteiger partial charge in [0.15, 0.2) is 0 Å². The Kier molecular flexibility index (Phi) is 4.24. The number of nitrogens with zero attached hydrogens (tertiary/aromatic N) is 2. The maximum Gasteiger partial charge on any atom is 0.211 e. The molecule has 2 aromatic rings. The molecule has 116 valence electrons. The van der Waals surface area contributed by atoms with Crippen molar-refractivity contribution in [3.63, 3.8) is 0 Å². The van der Waals surface area contributed by atoms with Crippen LogP contribution >= 0.6 is 0 Å². The monoisotopic (exact) mass is 299 g/mol. The molecule has 0 bridgehead atoms. The second-order valence-electron chi connectivity index (χ2n) is 5.59. The molecular formula is C17H21N3O2. The lowest BCUT2D eigenvalue weighted by molar-refractivity contribution is -0.105. The van der Waals surface area contributed by atoms with Crippen molar-refractivity contribution in [2.75, 3.05) is 29.9 Å². The zero-order valence-electron chi connectivity index (χ0n) is 13.0. The van der Waals surface area contributed by atoms with E-state index in [1.807, 2.05) is 32.0 Å². The van der Waals surface area contributed by atoms with Crippen molar-refractivity contribution in [2.45, 2.75) is 26.4 Å². The number of fused-ring (bicyclic) bond motifs is 1. The standard InChI is InChI=1S/C17H21N3O2/c1-3-22-14-6-7-20(10-14)17-8-12(2)19-16-9-13(18-11-21)4-5-15(16)17/h4-5,8-9,11,14H,3,6-7,10H2,1-2H3,(H,18,21). The van der Waals surface area contributed by atoms with E-state index in [9.17, 15) is 4.79 Å². The Morgan fingerprint density at radius 1 is 1.45 bits per heavy atom. The van der Waals surface area contributed by atoms with Crippen LogP contribution in [-0.4, -0.2) is 37.2 Å². The summed E-state index contributed by atoms with van der Waals surface area (Å²) in [5.74, 6) is 0. The summed E-state index contributed by atoms with van der Waals surface area (Å²) in [7, 11) is 0. The molecule has 1 fully saturated rings. The van der Waals surface area contributed by atoms with Crippen molar-refractivity contribution in [3.05, 3.63) is 30.0 Å². The first-order valence-electron chi connectivity index (χ1n) is 7.69. The number of carbonyl (C=O) groups excluding carboxylic acids is 1. The number of aryl methyl sites for hydroxylation is 1. The second-order valence-corrected chi connectivity index (χ2v) is 5.59. The fraction of sp³-hybridized carbons (Fsp3) is 0.412. The Labute approximate surface area is 130 Å². The minimum Gasteiger partial charge on any atom is -0.377 e. The van der Waals surface area contributed by atoms with Gasteiger partial charge in [0.1, 0.15) is 0 Å². The third kappa shape index (κ3) is 2.90. The number of rotatable bonds is 5. The predicted molar refractivity (Wildman–Crippen MR) is 88.4 cm³/mol. The van der Waals surface area contributed by atoms with Crippen LogP contribution < -0.4 is 10.2 Å². The van der Waals surface area contributed by atoms with Gasteiger partial charge < -0.3 is 15.0 Å². The molecule has 2 heterocycles. The Balaban J connectivity index is 1.97. The lowest BCUT2D eigenvalue weighted by Crippen LogP contribution is -2.23. The van der Waals surface area contributed by atoms with Gasteiger partial charge in [-0.25, -0.2) is 0 Å². The number of anilines is 2. The molecule has 1 aliphatic rings. The molecule has 1 N–H and O–H groups in total. The van der Waals surface area contributed by atoms with Gasteiger partial charge >= 0.3 is 0 Å². The quantitative estimate of drug-likeness (QED) is 0.863. The Morgan fingerprint density at radius 2 is 2.32 bits per heavy atom. The lowest BCUT2D eigenvalue weighted by atomic mass is 10.1. The van der Waals surface area contributed by atoms with E-state index >= 15 is 0 Å². The number of hydrogen-bond donors (Lipinski definition) is 1. The first-order valence-corrected chi connectivity index (χ1v) is 7.69. The molecule has 1 unspecified atom stereocenters. The summed E-state index contributed by atoms with van der Waals surface area (Å²) in [6, 6.07) is 7.98. The molecule has 5 nitrogen and oxygen atoms in total. The number of ether oxygens (including phenoxy) is 1. The van der Waals surface area contributed by atoms with Crippen molar-refractivity contribution in [2.24, 2.45) is 0 Å². The predicted octanol–water partition coefficient (Wildman–Crippen LogP) is 2.73. The van der Waals surface area contributed by atoms with E-state index in [1.165, 1.54) is 5.69 Å². The number of hydrogen-bond acceptors (Lipinski definition) is 4. The number of nitrogens with one attached hydrogen (secondary N) is 1. The van der Waals surface area contributed by atoms with Crippen molar-refractivity contribution in [1.29, 1.82) is 0 Å². The van der Waals surface area contributed by atoms with E-state index in [4.69, 9.17) is 4.74 Å². The van der Waals surface area contributed by atoms with Crippen LogP contribution in [0.2, 0.25) is 0 Å². The van der Waals surface area contributed by atoms with Crippen molar-refractivity contribution < 1.29 is 9.53 Å². The van der Waals surface area contributed by atoms with E-state index < -0.39 is 0 Å². The van der Waals surface area contributed by atoms with Crippen LogP contribution in [0.3, 0.4) is 0 Å². The highest BCUT2D eigenvalue weighted by molar-refractivity contribution is 5.94. The van der Waals surface area contributed by atoms with E-state index in [0.717, 1.165) is 48.4 Å². The average molecular weight is 299 g/mol. The number of pyridine rings is 1. The van der Waals surface area contributed by atoms with E-state index in [0.29, 0.717) is 12.5 Å². The topological polar surface area (TPSA) is 54.5 Å². The van der Waals surface area contributed by atoms with Crippen molar-refractivity contribution in [3.8, 4) is 0 Å². The van der Waals surface area contributed by atoms with Crippen LogP contribution in [0, 0.1) is 6.92 Å². The third-order valence-corrected chi connectivity index (χ3v) is 4.03. The zero-order chi connectivity index (χ0) is 15.5. The Morgan fingerprint density at radius 3 is 3.09 bits per heavy atom. The largest absolute Gasteiger partial charge is 0.377 e. The maximum absolute atomic E-state index is 10.6. The number of benzene rings is 1. The summed E-state index contributed by atoms with van der Waals surface area (Å²) in [4.78, 5) is 17.6. The van der Waals surface area contributed by atoms with E-state index in [-0.39, 0.29) is 0 Å². The molecule has 0 radical (unpaired) electrons. The number of aromatic nitrogens is 1. The molecule has 0 saturated carbocycles. The Hall–Kier alpha value is -2.14. The molecule has 0 spiro atoms. The van der Waals surface area contributed by atoms with Gasteiger partial charge in [-0.05, 0) is 44.5 Å². The average Bonchev–Trinajstić information content (AvgIpc) is 2.95. The summed E-state index contributed by atoms with van der Waals surface area (Å²) < 4.78 is 5.74. The molecule has 1 saturated heterocycles. The van der Waals surface area contributed by atoms with Gasteiger partial charge in [0.25, 0.3) is 0 Å². The number of carbonyl (C=O) groups is 1. The minimum atomic E-state index is 0.310. The van der Waals surface area contributed by atoms with Gasteiger partial charge in [-0.3, -0.25) is 9.78 Å². The molecule has 22 heavy (non-hydrogen) atoms. The van der Waals surface area contributed by atoms with Gasteiger partial charge in [0.2, 0.25) is 6.41 Å². The highest BCUT2D eigenvalue weighted by Crippen LogP contribution is 2.31. The number of amides is 1. The van der Waals surface area contributed by atoms with E-state index in [2.05, 4.69) is 21.3 Å². The smallest absolute Gasteiger partial charge is 0.211 e. The lowest BCUT2D eigenvalue weighted by Gasteiger charge is -2.21. The normalized spacial score (nSPS) is 17.9. The summed E-state index contributed by atoms with van der Waals surface area (Å²) in [6.45, 7) is 6.71. The first kappa shape index (κ1) is 14.8. The second kappa shape index (κ2) is 6.32. The molecule has 3 rings (SSSR count). The molecule has 0 aliphatic carbocycles. The third-order valence-electron chi connectivity index (χ3n) is 4.03. The van der Waals surface area contributed by atoms with Crippen LogP contribution in [0.25, 0.3) is 10.9 Å². The minimum absolute atomic E-state index is 0.310. The van der Waals surface area contributed by atoms with Crippen LogP contribution in [0.5, 0.6) is 0 Å². The molecule has 1 aliphatic heterocycles. The first-order chi connectivity index (χ1) is 10.7. The molecule has 1 amide bonds. The Bertz CT molecular complexity index is 687. The van der Waals surface area contributed by atoms with Gasteiger partial charge in [-0.15, -0.1) is 0 Å². The van der Waals surface area contributed by atoms with Gasteiger partial charge in [0.05, 0.1) is 11.6 Å². The summed E-state index contributed by atoms with van der Waals surface area (Å²) in [5.41, 5.74) is 3.84. The van der Waals surface area contributed by atoms with Gasteiger partial charge in [-0.2, -0.15) is 0 Å². The van der Waals surface area contributed by atoms with Crippen LogP contribution in [0.4, 0.5) is 11.4 Å². The van der Waals surface area contributed by atoms with E-state index in [1.54, 1.807) is 0 Å². The van der Waals surface area contributed by atoms with Crippen molar-refractivity contribution >= 4 is 28.7 Å². The molecule has 1 atom stereocenters. The maximum atomic E-state index is 10.6. The summed E-state index contributed by atoms with van der Waals surface area (Å²) in [6.07, 6.45) is 2.05.